The molecule has 0 spiro atoms. The number of carbonyl (C=O) groups is 1. The standard InChI is InChI=1S/C8H16N2O4S/c1-3-15(12,13)10-5-4-9-7(6-10)8(11)14-2/h7,9H,3-6H2,1-2H3/t7-/m0/s1. The molecule has 15 heavy (non-hydrogen) atoms. The Labute approximate surface area is 89.6 Å². The van der Waals surface area contributed by atoms with E-state index >= 15 is 0 Å². The van der Waals surface area contributed by atoms with Gasteiger partial charge in [0.1, 0.15) is 6.04 Å². The summed E-state index contributed by atoms with van der Waals surface area (Å²) < 4.78 is 29.0. The Kier molecular flexibility index (Phi) is 4.06. The highest BCUT2D eigenvalue weighted by Crippen LogP contribution is 2.07. The maximum atomic E-state index is 11.6. The van der Waals surface area contributed by atoms with Gasteiger partial charge in [-0.15, -0.1) is 0 Å². The van der Waals surface area contributed by atoms with Crippen molar-refractivity contribution in [2.24, 2.45) is 0 Å². The van der Waals surface area contributed by atoms with Crippen LogP contribution in [0.4, 0.5) is 0 Å². The highest BCUT2D eigenvalue weighted by atomic mass is 32.2. The molecule has 1 aliphatic rings. The zero-order valence-corrected chi connectivity index (χ0v) is 9.71. The first-order chi connectivity index (χ1) is 7.01. The van der Waals surface area contributed by atoms with Crippen LogP contribution in [0.3, 0.4) is 0 Å². The molecule has 1 fully saturated rings. The molecule has 1 N–H and O–H groups in total. The second-order valence-electron chi connectivity index (χ2n) is 3.29. The number of ether oxygens (including phenoxy) is 1. The Hall–Kier alpha value is -0.660. The van der Waals surface area contributed by atoms with Crippen LogP contribution in [-0.4, -0.2) is 57.2 Å². The highest BCUT2D eigenvalue weighted by Gasteiger charge is 2.31. The molecule has 0 amide bonds. The highest BCUT2D eigenvalue weighted by molar-refractivity contribution is 7.89. The lowest BCUT2D eigenvalue weighted by atomic mass is 10.2. The van der Waals surface area contributed by atoms with Crippen LogP contribution in [0.2, 0.25) is 0 Å². The molecule has 0 radical (unpaired) electrons. The minimum Gasteiger partial charge on any atom is -0.468 e. The zero-order chi connectivity index (χ0) is 11.5. The number of hydrogen-bond donors (Lipinski definition) is 1. The van der Waals surface area contributed by atoms with E-state index in [-0.39, 0.29) is 12.3 Å². The van der Waals surface area contributed by atoms with E-state index in [0.29, 0.717) is 13.1 Å². The molecule has 7 heteroatoms. The van der Waals surface area contributed by atoms with E-state index < -0.39 is 22.0 Å². The summed E-state index contributed by atoms with van der Waals surface area (Å²) in [6.07, 6.45) is 0. The molecule has 1 saturated heterocycles. The maximum Gasteiger partial charge on any atom is 0.324 e. The minimum atomic E-state index is -3.21. The smallest absolute Gasteiger partial charge is 0.324 e. The van der Waals surface area contributed by atoms with Crippen LogP contribution < -0.4 is 5.32 Å². The molecule has 0 unspecified atom stereocenters. The van der Waals surface area contributed by atoms with Crippen LogP contribution in [0.1, 0.15) is 6.92 Å². The van der Waals surface area contributed by atoms with Gasteiger partial charge in [-0.1, -0.05) is 0 Å². The molecule has 0 aromatic heterocycles. The molecule has 6 nitrogen and oxygen atoms in total. The van der Waals surface area contributed by atoms with E-state index in [1.807, 2.05) is 0 Å². The van der Waals surface area contributed by atoms with Gasteiger partial charge in [-0.25, -0.2) is 8.42 Å². The van der Waals surface area contributed by atoms with E-state index in [0.717, 1.165) is 0 Å². The summed E-state index contributed by atoms with van der Waals surface area (Å²) in [5, 5.41) is 2.92. The molecule has 0 aliphatic carbocycles. The van der Waals surface area contributed by atoms with Crippen molar-refractivity contribution in [1.82, 2.24) is 9.62 Å². The SMILES string of the molecule is CCS(=O)(=O)N1CCN[C@H](C(=O)OC)C1. The van der Waals surface area contributed by atoms with Crippen molar-refractivity contribution in [1.29, 1.82) is 0 Å². The summed E-state index contributed by atoms with van der Waals surface area (Å²) >= 11 is 0. The van der Waals surface area contributed by atoms with Crippen molar-refractivity contribution >= 4 is 16.0 Å². The zero-order valence-electron chi connectivity index (χ0n) is 8.89. The number of piperazine rings is 1. The molecular weight excluding hydrogens is 220 g/mol. The molecule has 0 saturated carbocycles. The summed E-state index contributed by atoms with van der Waals surface area (Å²) in [6, 6.07) is -0.551. The first kappa shape index (κ1) is 12.4. The molecular formula is C8H16N2O4S. The van der Waals surface area contributed by atoms with E-state index in [9.17, 15) is 13.2 Å². The summed E-state index contributed by atoms with van der Waals surface area (Å²) in [7, 11) is -1.92. The van der Waals surface area contributed by atoms with Crippen molar-refractivity contribution in [2.75, 3.05) is 32.5 Å². The number of hydrogen-bond acceptors (Lipinski definition) is 5. The predicted molar refractivity (Wildman–Crippen MR) is 54.8 cm³/mol. The van der Waals surface area contributed by atoms with Crippen LogP contribution in [0.25, 0.3) is 0 Å². The van der Waals surface area contributed by atoms with Crippen molar-refractivity contribution in [3.63, 3.8) is 0 Å². The van der Waals surface area contributed by atoms with Gasteiger partial charge in [0.05, 0.1) is 12.9 Å². The van der Waals surface area contributed by atoms with Crippen molar-refractivity contribution < 1.29 is 17.9 Å². The number of rotatable bonds is 3. The quantitative estimate of drug-likeness (QED) is 0.622. The van der Waals surface area contributed by atoms with Gasteiger partial charge in [0, 0.05) is 19.6 Å². The second kappa shape index (κ2) is 4.91. The second-order valence-corrected chi connectivity index (χ2v) is 5.55. The third kappa shape index (κ3) is 2.90. The summed E-state index contributed by atoms with van der Waals surface area (Å²) in [4.78, 5) is 11.2. The number of methoxy groups -OCH3 is 1. The van der Waals surface area contributed by atoms with Gasteiger partial charge in [-0.2, -0.15) is 4.31 Å². The lowest BCUT2D eigenvalue weighted by Gasteiger charge is -2.30. The summed E-state index contributed by atoms with van der Waals surface area (Å²) in [6.45, 7) is 2.62. The number of nitrogens with zero attached hydrogens (tertiary/aromatic N) is 1. The van der Waals surface area contributed by atoms with Crippen molar-refractivity contribution in [3.8, 4) is 0 Å². The van der Waals surface area contributed by atoms with E-state index in [1.54, 1.807) is 6.92 Å². The van der Waals surface area contributed by atoms with Gasteiger partial charge in [0.25, 0.3) is 0 Å². The Balaban J connectivity index is 2.68. The van der Waals surface area contributed by atoms with Gasteiger partial charge < -0.3 is 10.1 Å². The molecule has 1 rings (SSSR count). The molecule has 88 valence electrons. The third-order valence-corrected chi connectivity index (χ3v) is 4.23. The van der Waals surface area contributed by atoms with Gasteiger partial charge in [0.2, 0.25) is 10.0 Å². The average Bonchev–Trinajstić information content (AvgIpc) is 2.28. The van der Waals surface area contributed by atoms with Crippen LogP contribution in [0, 0.1) is 0 Å². The van der Waals surface area contributed by atoms with Gasteiger partial charge in [0.15, 0.2) is 0 Å². The number of nitrogens with one attached hydrogen (secondary N) is 1. The first-order valence-electron chi connectivity index (χ1n) is 4.80. The largest absolute Gasteiger partial charge is 0.468 e. The van der Waals surface area contributed by atoms with E-state index in [1.165, 1.54) is 11.4 Å². The fourth-order valence-electron chi connectivity index (χ4n) is 1.46. The Bertz CT molecular complexity index is 328. The fourth-order valence-corrected chi connectivity index (χ4v) is 2.57. The third-order valence-electron chi connectivity index (χ3n) is 2.38. The Morgan fingerprint density at radius 2 is 2.27 bits per heavy atom. The Morgan fingerprint density at radius 1 is 1.60 bits per heavy atom. The van der Waals surface area contributed by atoms with Crippen LogP contribution in [0.15, 0.2) is 0 Å². The summed E-state index contributed by atoms with van der Waals surface area (Å²) in [5.41, 5.74) is 0. The maximum absolute atomic E-state index is 11.6. The van der Waals surface area contributed by atoms with Gasteiger partial charge in [-0.05, 0) is 6.92 Å². The minimum absolute atomic E-state index is 0.0564. The van der Waals surface area contributed by atoms with Crippen molar-refractivity contribution in [2.45, 2.75) is 13.0 Å². The van der Waals surface area contributed by atoms with Gasteiger partial charge in [-0.3, -0.25) is 4.79 Å². The number of esters is 1. The lowest BCUT2D eigenvalue weighted by molar-refractivity contribution is -0.143. The van der Waals surface area contributed by atoms with Crippen molar-refractivity contribution in [3.05, 3.63) is 0 Å². The van der Waals surface area contributed by atoms with Gasteiger partial charge >= 0.3 is 5.97 Å². The molecule has 1 heterocycles. The monoisotopic (exact) mass is 236 g/mol. The first-order valence-corrected chi connectivity index (χ1v) is 6.41. The average molecular weight is 236 g/mol. The van der Waals surface area contributed by atoms with E-state index in [2.05, 4.69) is 10.1 Å². The number of carbonyl (C=O) groups excluding carboxylic acids is 1. The topological polar surface area (TPSA) is 75.7 Å². The molecule has 1 atom stereocenters. The van der Waals surface area contributed by atoms with Crippen LogP contribution in [0.5, 0.6) is 0 Å². The molecule has 0 aromatic carbocycles. The fraction of sp³-hybridized carbons (Fsp3) is 0.875. The Morgan fingerprint density at radius 3 is 2.80 bits per heavy atom. The summed E-state index contributed by atoms with van der Waals surface area (Å²) in [5.74, 6) is -0.369. The van der Waals surface area contributed by atoms with Crippen LogP contribution in [-0.2, 0) is 19.6 Å². The molecule has 1 aliphatic heterocycles. The lowest BCUT2D eigenvalue weighted by Crippen LogP contribution is -2.56. The predicted octanol–water partition coefficient (Wildman–Crippen LogP) is -1.22. The number of sulfonamides is 1. The van der Waals surface area contributed by atoms with E-state index in [4.69, 9.17) is 0 Å². The molecule has 0 bridgehead atoms. The molecule has 0 aromatic rings. The van der Waals surface area contributed by atoms with Crippen LogP contribution >= 0.6 is 0 Å². The normalized spacial score (nSPS) is 23.7.